The van der Waals surface area contributed by atoms with E-state index < -0.39 is 36.5 Å². The van der Waals surface area contributed by atoms with Crippen molar-refractivity contribution in [3.63, 3.8) is 0 Å². The molecular weight excluding hydrogens is 383 g/mol. The Bertz CT molecular complexity index is 864. The number of esters is 1. The zero-order valence-electron chi connectivity index (χ0n) is 14.4. The predicted molar refractivity (Wildman–Crippen MR) is 88.9 cm³/mol. The van der Waals surface area contributed by atoms with E-state index in [0.717, 1.165) is 24.3 Å². The number of para-hydroxylation sites is 1. The molecule has 148 valence electrons. The van der Waals surface area contributed by atoms with E-state index in [1.54, 1.807) is 12.1 Å². The van der Waals surface area contributed by atoms with E-state index >= 15 is 0 Å². The van der Waals surface area contributed by atoms with Crippen LogP contribution < -0.4 is 14.8 Å². The van der Waals surface area contributed by atoms with Gasteiger partial charge < -0.3 is 14.2 Å². The van der Waals surface area contributed by atoms with Gasteiger partial charge in [0.05, 0.1) is 18.2 Å². The average molecular weight is 397 g/mol. The molecule has 0 radical (unpaired) electrons. The van der Waals surface area contributed by atoms with Gasteiger partial charge in [0.15, 0.2) is 6.61 Å². The molecule has 0 aromatic heterocycles. The quantitative estimate of drug-likeness (QED) is 0.754. The maximum atomic E-state index is 12.1. The molecule has 2 rings (SSSR count). The van der Waals surface area contributed by atoms with Gasteiger partial charge >= 0.3 is 12.3 Å². The van der Waals surface area contributed by atoms with Crippen molar-refractivity contribution in [2.45, 2.75) is 6.36 Å². The largest absolute Gasteiger partial charge is 0.573 e. The highest BCUT2D eigenvalue weighted by molar-refractivity contribution is 6.07. The number of imide groups is 1. The van der Waals surface area contributed by atoms with Crippen LogP contribution in [0, 0.1) is 0 Å². The van der Waals surface area contributed by atoms with Gasteiger partial charge in [-0.15, -0.1) is 13.2 Å². The number of rotatable bonds is 6. The van der Waals surface area contributed by atoms with Crippen molar-refractivity contribution in [2.75, 3.05) is 13.7 Å². The minimum Gasteiger partial charge on any atom is -0.496 e. The average Bonchev–Trinajstić information content (AvgIpc) is 2.65. The third kappa shape index (κ3) is 6.01. The predicted octanol–water partition coefficient (Wildman–Crippen LogP) is 2.71. The zero-order valence-corrected chi connectivity index (χ0v) is 14.4. The fraction of sp³-hybridized carbons (Fsp3) is 0.167. The summed E-state index contributed by atoms with van der Waals surface area (Å²) in [5, 5.41) is 2.03. The Morgan fingerprint density at radius 3 is 2.25 bits per heavy atom. The summed E-state index contributed by atoms with van der Waals surface area (Å²) in [6, 6.07) is 10.1. The summed E-state index contributed by atoms with van der Waals surface area (Å²) in [4.78, 5) is 35.7. The number of methoxy groups -OCH3 is 1. The molecule has 1 N–H and O–H groups in total. The van der Waals surface area contributed by atoms with E-state index in [9.17, 15) is 27.6 Å². The summed E-state index contributed by atoms with van der Waals surface area (Å²) in [6.07, 6.45) is -4.85. The number of hydrogen-bond acceptors (Lipinski definition) is 6. The number of hydrogen-bond donors (Lipinski definition) is 1. The first-order chi connectivity index (χ1) is 13.2. The fourth-order valence-electron chi connectivity index (χ4n) is 2.07. The van der Waals surface area contributed by atoms with E-state index in [1.165, 1.54) is 19.2 Å². The molecule has 10 heteroatoms. The third-order valence-electron chi connectivity index (χ3n) is 3.26. The number of amides is 2. The molecule has 0 unspecified atom stereocenters. The van der Waals surface area contributed by atoms with Crippen LogP contribution in [-0.4, -0.2) is 37.9 Å². The SMILES string of the molecule is COc1ccccc1C(=O)NC(=O)COC(=O)c1ccc(OC(F)(F)F)cc1. The summed E-state index contributed by atoms with van der Waals surface area (Å²) in [7, 11) is 1.36. The van der Waals surface area contributed by atoms with Gasteiger partial charge in [-0.05, 0) is 36.4 Å². The first-order valence-electron chi connectivity index (χ1n) is 7.70. The van der Waals surface area contributed by atoms with Crippen molar-refractivity contribution < 1.29 is 41.8 Å². The van der Waals surface area contributed by atoms with Crippen molar-refractivity contribution in [1.29, 1.82) is 0 Å². The summed E-state index contributed by atoms with van der Waals surface area (Å²) < 4.78 is 49.7. The Morgan fingerprint density at radius 1 is 1.00 bits per heavy atom. The van der Waals surface area contributed by atoms with Gasteiger partial charge in [0.2, 0.25) is 0 Å². The van der Waals surface area contributed by atoms with E-state index in [-0.39, 0.29) is 16.9 Å². The van der Waals surface area contributed by atoms with Crippen LogP contribution in [0.2, 0.25) is 0 Å². The van der Waals surface area contributed by atoms with Gasteiger partial charge in [0.1, 0.15) is 11.5 Å². The summed E-state index contributed by atoms with van der Waals surface area (Å²) >= 11 is 0. The Balaban J connectivity index is 1.88. The van der Waals surface area contributed by atoms with Crippen molar-refractivity contribution in [1.82, 2.24) is 5.32 Å². The molecule has 0 aliphatic carbocycles. The molecule has 28 heavy (non-hydrogen) atoms. The molecular formula is C18H14F3NO6. The van der Waals surface area contributed by atoms with E-state index in [4.69, 9.17) is 9.47 Å². The summed E-state index contributed by atoms with van der Waals surface area (Å²) in [6.45, 7) is -0.763. The lowest BCUT2D eigenvalue weighted by Gasteiger charge is -2.10. The van der Waals surface area contributed by atoms with Crippen LogP contribution in [0.4, 0.5) is 13.2 Å². The minimum atomic E-state index is -4.85. The van der Waals surface area contributed by atoms with E-state index in [0.29, 0.717) is 0 Å². The van der Waals surface area contributed by atoms with Gasteiger partial charge in [0, 0.05) is 0 Å². The highest BCUT2D eigenvalue weighted by Crippen LogP contribution is 2.23. The van der Waals surface area contributed by atoms with Crippen LogP contribution in [0.15, 0.2) is 48.5 Å². The van der Waals surface area contributed by atoms with Gasteiger partial charge in [0.25, 0.3) is 11.8 Å². The molecule has 0 spiro atoms. The van der Waals surface area contributed by atoms with Crippen LogP contribution in [0.1, 0.15) is 20.7 Å². The summed E-state index contributed by atoms with van der Waals surface area (Å²) in [5.74, 6) is -2.85. The summed E-state index contributed by atoms with van der Waals surface area (Å²) in [5.41, 5.74) is 0.0170. The molecule has 0 fully saturated rings. The fourth-order valence-corrected chi connectivity index (χ4v) is 2.07. The van der Waals surface area contributed by atoms with Crippen molar-refractivity contribution in [2.24, 2.45) is 0 Å². The van der Waals surface area contributed by atoms with E-state index in [2.05, 4.69) is 4.74 Å². The van der Waals surface area contributed by atoms with Crippen LogP contribution in [0.5, 0.6) is 11.5 Å². The smallest absolute Gasteiger partial charge is 0.496 e. The molecule has 0 heterocycles. The molecule has 0 saturated carbocycles. The second-order valence-corrected chi connectivity index (χ2v) is 5.23. The lowest BCUT2D eigenvalue weighted by Crippen LogP contribution is -2.34. The number of benzene rings is 2. The standard InChI is InChI=1S/C18H14F3NO6/c1-26-14-5-3-2-4-13(14)16(24)22-15(23)10-27-17(25)11-6-8-12(9-7-11)28-18(19,20)21/h2-9H,10H2,1H3,(H,22,23,24). The number of nitrogens with one attached hydrogen (secondary N) is 1. The molecule has 0 atom stereocenters. The Kier molecular flexibility index (Phi) is 6.59. The topological polar surface area (TPSA) is 90.9 Å². The van der Waals surface area contributed by atoms with Crippen molar-refractivity contribution >= 4 is 17.8 Å². The minimum absolute atomic E-state index is 0.0987. The monoisotopic (exact) mass is 397 g/mol. The van der Waals surface area contributed by atoms with Gasteiger partial charge in [-0.25, -0.2) is 4.79 Å². The van der Waals surface area contributed by atoms with Gasteiger partial charge in [-0.3, -0.25) is 14.9 Å². The second kappa shape index (κ2) is 8.89. The highest BCUT2D eigenvalue weighted by Gasteiger charge is 2.31. The third-order valence-corrected chi connectivity index (χ3v) is 3.26. The van der Waals surface area contributed by atoms with Gasteiger partial charge in [-0.1, -0.05) is 12.1 Å². The maximum Gasteiger partial charge on any atom is 0.573 e. The number of carbonyl (C=O) groups excluding carboxylic acids is 3. The molecule has 7 nitrogen and oxygen atoms in total. The maximum absolute atomic E-state index is 12.1. The van der Waals surface area contributed by atoms with Crippen LogP contribution in [0.3, 0.4) is 0 Å². The highest BCUT2D eigenvalue weighted by atomic mass is 19.4. The molecule has 0 saturated heterocycles. The Hall–Kier alpha value is -3.56. The number of halogens is 3. The number of ether oxygens (including phenoxy) is 3. The lowest BCUT2D eigenvalue weighted by atomic mass is 10.2. The molecule has 0 aliphatic heterocycles. The second-order valence-electron chi connectivity index (χ2n) is 5.23. The van der Waals surface area contributed by atoms with E-state index in [1.807, 2.05) is 5.32 Å². The first kappa shape index (κ1) is 20.7. The number of carbonyl (C=O) groups is 3. The molecule has 2 amide bonds. The molecule has 0 bridgehead atoms. The molecule has 2 aromatic carbocycles. The van der Waals surface area contributed by atoms with Gasteiger partial charge in [-0.2, -0.15) is 0 Å². The van der Waals surface area contributed by atoms with Crippen LogP contribution >= 0.6 is 0 Å². The Morgan fingerprint density at radius 2 is 1.64 bits per heavy atom. The first-order valence-corrected chi connectivity index (χ1v) is 7.70. The van der Waals surface area contributed by atoms with Crippen LogP contribution in [0.25, 0.3) is 0 Å². The van der Waals surface area contributed by atoms with Crippen molar-refractivity contribution in [3.8, 4) is 11.5 Å². The Labute approximate surface area is 157 Å². The van der Waals surface area contributed by atoms with Crippen LogP contribution in [-0.2, 0) is 9.53 Å². The number of alkyl halides is 3. The normalized spacial score (nSPS) is 10.7. The molecule has 2 aromatic rings. The van der Waals surface area contributed by atoms with Crippen molar-refractivity contribution in [3.05, 3.63) is 59.7 Å². The lowest BCUT2D eigenvalue weighted by molar-refractivity contribution is -0.274. The zero-order chi connectivity index (χ0) is 20.7. The molecule has 0 aliphatic rings.